The number of carbonyl (C=O) groups is 1. The summed E-state index contributed by atoms with van der Waals surface area (Å²) in [4.78, 5) is 11.7. The second-order valence-corrected chi connectivity index (χ2v) is 4.27. The molecule has 0 aromatic carbocycles. The third-order valence-corrected chi connectivity index (χ3v) is 2.65. The molecule has 0 aliphatic rings. The van der Waals surface area contributed by atoms with Crippen molar-refractivity contribution in [1.29, 1.82) is 0 Å². The Labute approximate surface area is 99.5 Å². The zero-order valence-electron chi connectivity index (χ0n) is 10.7. The molecule has 0 saturated carbocycles. The van der Waals surface area contributed by atoms with Gasteiger partial charge in [-0.3, -0.25) is 4.79 Å². The summed E-state index contributed by atoms with van der Waals surface area (Å²) in [6.07, 6.45) is 7.72. The molecule has 0 saturated heterocycles. The van der Waals surface area contributed by atoms with Crippen LogP contribution in [0.2, 0.25) is 0 Å². The van der Waals surface area contributed by atoms with Crippen molar-refractivity contribution in [3.05, 3.63) is 12.7 Å². The molecule has 0 spiro atoms. The van der Waals surface area contributed by atoms with Crippen molar-refractivity contribution in [2.75, 3.05) is 0 Å². The van der Waals surface area contributed by atoms with Gasteiger partial charge >= 0.3 is 0 Å². The highest BCUT2D eigenvalue weighted by Crippen LogP contribution is 2.07. The Bertz CT molecular complexity index is 204. The number of unbranched alkanes of at least 4 members (excludes halogenated alkanes) is 1. The lowest BCUT2D eigenvalue weighted by molar-refractivity contribution is -0.123. The van der Waals surface area contributed by atoms with E-state index in [1.165, 1.54) is 0 Å². The largest absolute Gasteiger partial charge is 0.352 e. The summed E-state index contributed by atoms with van der Waals surface area (Å²) < 4.78 is 0. The standard InChI is InChI=1S/C13H26N2O/c1-4-7-10-11(8-5-2)15-13(16)12(14)9-6-3/h6,11-12H,3-5,7-10,14H2,1-2H3,(H,15,16). The fourth-order valence-corrected chi connectivity index (χ4v) is 1.68. The molecule has 94 valence electrons. The molecular formula is C13H26N2O. The molecule has 0 aliphatic carbocycles. The van der Waals surface area contributed by atoms with Crippen LogP contribution in [0.4, 0.5) is 0 Å². The highest BCUT2D eigenvalue weighted by Gasteiger charge is 2.15. The number of hydrogen-bond donors (Lipinski definition) is 2. The van der Waals surface area contributed by atoms with Crippen molar-refractivity contribution < 1.29 is 4.79 Å². The maximum Gasteiger partial charge on any atom is 0.237 e. The van der Waals surface area contributed by atoms with Gasteiger partial charge in [0.15, 0.2) is 0 Å². The SMILES string of the molecule is C=CCC(N)C(=O)NC(CCC)CCCC. The lowest BCUT2D eigenvalue weighted by Gasteiger charge is -2.20. The predicted octanol–water partition coefficient (Wildman–Crippen LogP) is 2.36. The Morgan fingerprint density at radius 3 is 2.56 bits per heavy atom. The molecule has 0 fully saturated rings. The summed E-state index contributed by atoms with van der Waals surface area (Å²) in [6.45, 7) is 7.88. The Hall–Kier alpha value is -0.830. The molecule has 0 heterocycles. The van der Waals surface area contributed by atoms with E-state index >= 15 is 0 Å². The normalized spacial score (nSPS) is 14.2. The van der Waals surface area contributed by atoms with Crippen LogP contribution >= 0.6 is 0 Å². The first-order valence-electron chi connectivity index (χ1n) is 6.32. The number of rotatable bonds is 9. The number of hydrogen-bond acceptors (Lipinski definition) is 2. The Balaban J connectivity index is 4.04. The molecule has 0 aromatic heterocycles. The third-order valence-electron chi connectivity index (χ3n) is 2.65. The van der Waals surface area contributed by atoms with E-state index in [1.807, 2.05) is 0 Å². The Kier molecular flexibility index (Phi) is 8.91. The summed E-state index contributed by atoms with van der Waals surface area (Å²) >= 11 is 0. The van der Waals surface area contributed by atoms with Crippen LogP contribution in [0.1, 0.15) is 52.4 Å². The average molecular weight is 226 g/mol. The van der Waals surface area contributed by atoms with E-state index in [0.717, 1.165) is 32.1 Å². The molecule has 1 amide bonds. The van der Waals surface area contributed by atoms with Gasteiger partial charge in [-0.05, 0) is 19.3 Å². The van der Waals surface area contributed by atoms with Crippen LogP contribution < -0.4 is 11.1 Å². The van der Waals surface area contributed by atoms with Crippen molar-refractivity contribution >= 4 is 5.91 Å². The molecule has 3 nitrogen and oxygen atoms in total. The van der Waals surface area contributed by atoms with Gasteiger partial charge in [-0.2, -0.15) is 0 Å². The van der Waals surface area contributed by atoms with Crippen molar-refractivity contribution in [1.82, 2.24) is 5.32 Å². The first-order valence-corrected chi connectivity index (χ1v) is 6.32. The van der Waals surface area contributed by atoms with Crippen LogP contribution in [-0.4, -0.2) is 18.0 Å². The van der Waals surface area contributed by atoms with Gasteiger partial charge in [0.05, 0.1) is 6.04 Å². The summed E-state index contributed by atoms with van der Waals surface area (Å²) in [6, 6.07) is -0.160. The molecule has 16 heavy (non-hydrogen) atoms. The first-order chi connectivity index (χ1) is 7.65. The van der Waals surface area contributed by atoms with Gasteiger partial charge < -0.3 is 11.1 Å². The van der Waals surface area contributed by atoms with E-state index in [-0.39, 0.29) is 11.9 Å². The molecule has 3 N–H and O–H groups in total. The second-order valence-electron chi connectivity index (χ2n) is 4.27. The van der Waals surface area contributed by atoms with Crippen LogP contribution in [0, 0.1) is 0 Å². The topological polar surface area (TPSA) is 55.1 Å². The van der Waals surface area contributed by atoms with Crippen LogP contribution in [0.25, 0.3) is 0 Å². The van der Waals surface area contributed by atoms with Crippen LogP contribution in [0.15, 0.2) is 12.7 Å². The Morgan fingerprint density at radius 2 is 2.06 bits per heavy atom. The van der Waals surface area contributed by atoms with Crippen LogP contribution in [0.5, 0.6) is 0 Å². The van der Waals surface area contributed by atoms with Gasteiger partial charge in [-0.25, -0.2) is 0 Å². The first kappa shape index (κ1) is 15.2. The fraction of sp³-hybridized carbons (Fsp3) is 0.769. The van der Waals surface area contributed by atoms with Gasteiger partial charge in [-0.15, -0.1) is 6.58 Å². The monoisotopic (exact) mass is 226 g/mol. The molecular weight excluding hydrogens is 200 g/mol. The van der Waals surface area contributed by atoms with Gasteiger partial charge in [0, 0.05) is 6.04 Å². The zero-order valence-corrected chi connectivity index (χ0v) is 10.7. The maximum absolute atomic E-state index is 11.7. The molecule has 2 unspecified atom stereocenters. The van der Waals surface area contributed by atoms with Crippen LogP contribution in [0.3, 0.4) is 0 Å². The number of nitrogens with one attached hydrogen (secondary N) is 1. The molecule has 0 rings (SSSR count). The van der Waals surface area contributed by atoms with Gasteiger partial charge in [-0.1, -0.05) is 39.2 Å². The van der Waals surface area contributed by atoms with Crippen molar-refractivity contribution in [3.8, 4) is 0 Å². The minimum Gasteiger partial charge on any atom is -0.352 e. The predicted molar refractivity (Wildman–Crippen MR) is 69.2 cm³/mol. The van der Waals surface area contributed by atoms with Crippen LogP contribution in [-0.2, 0) is 4.79 Å². The second kappa shape index (κ2) is 9.40. The summed E-state index contributed by atoms with van der Waals surface area (Å²) in [7, 11) is 0. The minimum absolute atomic E-state index is 0.0468. The lowest BCUT2D eigenvalue weighted by Crippen LogP contribution is -2.45. The maximum atomic E-state index is 11.7. The summed E-state index contributed by atoms with van der Waals surface area (Å²) in [5, 5.41) is 3.03. The smallest absolute Gasteiger partial charge is 0.237 e. The quantitative estimate of drug-likeness (QED) is 0.593. The molecule has 0 bridgehead atoms. The number of carbonyl (C=O) groups excluding carboxylic acids is 1. The molecule has 2 atom stereocenters. The molecule has 3 heteroatoms. The lowest BCUT2D eigenvalue weighted by atomic mass is 10.0. The van der Waals surface area contributed by atoms with E-state index in [2.05, 4.69) is 25.7 Å². The number of nitrogens with two attached hydrogens (primary N) is 1. The van der Waals surface area contributed by atoms with Gasteiger partial charge in [0.2, 0.25) is 5.91 Å². The highest BCUT2D eigenvalue weighted by molar-refractivity contribution is 5.81. The van der Waals surface area contributed by atoms with E-state index in [4.69, 9.17) is 5.73 Å². The van der Waals surface area contributed by atoms with Crippen molar-refractivity contribution in [2.45, 2.75) is 64.5 Å². The van der Waals surface area contributed by atoms with E-state index < -0.39 is 6.04 Å². The summed E-state index contributed by atoms with van der Waals surface area (Å²) in [5.74, 6) is -0.0468. The average Bonchev–Trinajstić information content (AvgIpc) is 2.26. The minimum atomic E-state index is -0.446. The molecule has 0 aliphatic heterocycles. The van der Waals surface area contributed by atoms with E-state index in [1.54, 1.807) is 6.08 Å². The van der Waals surface area contributed by atoms with E-state index in [0.29, 0.717) is 6.42 Å². The van der Waals surface area contributed by atoms with E-state index in [9.17, 15) is 4.79 Å². The third kappa shape index (κ3) is 6.62. The van der Waals surface area contributed by atoms with Gasteiger partial charge in [0.1, 0.15) is 0 Å². The van der Waals surface area contributed by atoms with Gasteiger partial charge in [0.25, 0.3) is 0 Å². The van der Waals surface area contributed by atoms with Crippen molar-refractivity contribution in [2.24, 2.45) is 5.73 Å². The fourth-order valence-electron chi connectivity index (χ4n) is 1.68. The highest BCUT2D eigenvalue weighted by atomic mass is 16.2. The molecule has 0 radical (unpaired) electrons. The zero-order chi connectivity index (χ0) is 12.4. The van der Waals surface area contributed by atoms with Crippen molar-refractivity contribution in [3.63, 3.8) is 0 Å². The Morgan fingerprint density at radius 1 is 1.38 bits per heavy atom. The summed E-state index contributed by atoms with van der Waals surface area (Å²) in [5.41, 5.74) is 5.72. The molecule has 0 aromatic rings. The number of amides is 1.